The highest BCUT2D eigenvalue weighted by Crippen LogP contribution is 2.41. The second kappa shape index (κ2) is 8.36. The summed E-state index contributed by atoms with van der Waals surface area (Å²) in [5.41, 5.74) is -0.180. The monoisotopic (exact) mass is 508 g/mol. The molecule has 2 aromatic heterocycles. The normalized spacial score (nSPS) is 21.6. The molecule has 2 N–H and O–H groups in total. The zero-order valence-corrected chi connectivity index (χ0v) is 20.8. The quantitative estimate of drug-likeness (QED) is 0.410. The van der Waals surface area contributed by atoms with Gasteiger partial charge in [-0.1, -0.05) is 19.8 Å². The number of pyridine rings is 2. The van der Waals surface area contributed by atoms with Crippen molar-refractivity contribution in [2.24, 2.45) is 0 Å². The van der Waals surface area contributed by atoms with Crippen molar-refractivity contribution < 1.29 is 24.1 Å². The fourth-order valence-electron chi connectivity index (χ4n) is 6.40. The van der Waals surface area contributed by atoms with Crippen molar-refractivity contribution in [3.63, 3.8) is 0 Å². The number of aliphatic hydroxyl groups is 2. The minimum absolute atomic E-state index is 0.00980. The van der Waals surface area contributed by atoms with Gasteiger partial charge in [-0.3, -0.25) is 9.59 Å². The number of aliphatic hydroxyl groups excluding tert-OH is 1. The van der Waals surface area contributed by atoms with Gasteiger partial charge in [-0.15, -0.1) is 0 Å². The summed E-state index contributed by atoms with van der Waals surface area (Å²) in [6.45, 7) is 3.13. The molecule has 3 aromatic rings. The van der Waals surface area contributed by atoms with Crippen LogP contribution in [0.1, 0.15) is 74.4 Å². The number of fused-ring (bicyclic) bond motifs is 5. The van der Waals surface area contributed by atoms with Gasteiger partial charge in [0.2, 0.25) is 0 Å². The van der Waals surface area contributed by atoms with E-state index in [1.807, 2.05) is 0 Å². The van der Waals surface area contributed by atoms with Crippen LogP contribution in [0.3, 0.4) is 0 Å². The lowest BCUT2D eigenvalue weighted by Gasteiger charge is -2.31. The molecule has 1 saturated carbocycles. The highest BCUT2D eigenvalue weighted by molar-refractivity contribution is 5.88. The summed E-state index contributed by atoms with van der Waals surface area (Å²) in [6.07, 6.45) is 3.23. The van der Waals surface area contributed by atoms with E-state index in [1.165, 1.54) is 10.6 Å². The summed E-state index contributed by atoms with van der Waals surface area (Å²) < 4.78 is 23.8. The van der Waals surface area contributed by atoms with Gasteiger partial charge in [0, 0.05) is 23.4 Å². The van der Waals surface area contributed by atoms with E-state index in [4.69, 9.17) is 4.74 Å². The van der Waals surface area contributed by atoms with Crippen LogP contribution in [-0.2, 0) is 34.7 Å². The summed E-state index contributed by atoms with van der Waals surface area (Å²) >= 11 is 0. The van der Waals surface area contributed by atoms with Gasteiger partial charge >= 0.3 is 5.97 Å². The van der Waals surface area contributed by atoms with E-state index in [0.29, 0.717) is 28.0 Å². The topological polar surface area (TPSA) is 111 Å². The minimum atomic E-state index is -1.98. The first-order valence-corrected chi connectivity index (χ1v) is 12.9. The molecule has 8 nitrogen and oxygen atoms in total. The molecule has 1 aromatic carbocycles. The summed E-state index contributed by atoms with van der Waals surface area (Å²) in [5, 5.41) is 21.2. The maximum Gasteiger partial charge on any atom is 0.343 e. The number of rotatable bonds is 4. The largest absolute Gasteiger partial charge is 0.458 e. The van der Waals surface area contributed by atoms with E-state index in [-0.39, 0.29) is 48.5 Å². The zero-order chi connectivity index (χ0) is 26.2. The first kappa shape index (κ1) is 24.1. The van der Waals surface area contributed by atoms with Gasteiger partial charge in [-0.05, 0) is 49.9 Å². The van der Waals surface area contributed by atoms with Crippen LogP contribution in [0.4, 0.5) is 4.39 Å². The van der Waals surface area contributed by atoms with Crippen LogP contribution in [0.5, 0.6) is 0 Å². The predicted octanol–water partition coefficient (Wildman–Crippen LogP) is 3.02. The molecule has 2 atom stereocenters. The summed E-state index contributed by atoms with van der Waals surface area (Å²) in [7, 11) is 0. The lowest BCUT2D eigenvalue weighted by molar-refractivity contribution is -0.172. The van der Waals surface area contributed by atoms with E-state index in [1.54, 1.807) is 26.0 Å². The fourth-order valence-corrected chi connectivity index (χ4v) is 6.40. The minimum Gasteiger partial charge on any atom is -0.458 e. The number of carbonyl (C=O) groups is 1. The number of carbonyl (C=O) groups excluding carboxylic acids is 1. The molecule has 0 bridgehead atoms. The molecule has 6 rings (SSSR count). The molecule has 1 unspecified atom stereocenters. The van der Waals surface area contributed by atoms with Crippen molar-refractivity contribution in [3.05, 3.63) is 67.0 Å². The van der Waals surface area contributed by atoms with Crippen LogP contribution in [0, 0.1) is 5.82 Å². The summed E-state index contributed by atoms with van der Waals surface area (Å²) in [5.74, 6) is -1.38. The van der Waals surface area contributed by atoms with Gasteiger partial charge in [0.15, 0.2) is 11.0 Å². The van der Waals surface area contributed by atoms with Gasteiger partial charge in [0.1, 0.15) is 12.4 Å². The molecular formula is C28H29FN2O6. The van der Waals surface area contributed by atoms with Crippen molar-refractivity contribution in [1.29, 1.82) is 0 Å². The van der Waals surface area contributed by atoms with Crippen LogP contribution in [0.15, 0.2) is 27.8 Å². The number of nitrogens with zero attached hydrogens (tertiary/aromatic N) is 2. The molecule has 37 heavy (non-hydrogen) atoms. The molecule has 0 radical (unpaired) electrons. The van der Waals surface area contributed by atoms with E-state index < -0.39 is 34.5 Å². The molecule has 0 amide bonds. The summed E-state index contributed by atoms with van der Waals surface area (Å²) in [4.78, 5) is 40.0. The lowest BCUT2D eigenvalue weighted by Crippen LogP contribution is -2.44. The highest BCUT2D eigenvalue weighted by Gasteiger charge is 2.45. The second-order valence-electron chi connectivity index (χ2n) is 10.6. The standard InChI is InChI=1S/C28H29FN2O6/c1-3-28(36)19-11-22-24-23(12-30(22)26(34)18(19)13-37-27(28)35)31(16-6-4-5-7-16)21-9-15(8-14(2)32)20(29)10-17(21)25(24)33/h9-11,14,16,32,36H,3-8,12-13H2,1-2H3/t14?,28-/m0/s1. The van der Waals surface area contributed by atoms with E-state index >= 15 is 4.39 Å². The van der Waals surface area contributed by atoms with Gasteiger partial charge < -0.3 is 24.1 Å². The molecule has 4 heterocycles. The second-order valence-corrected chi connectivity index (χ2v) is 10.6. The molecule has 2 aliphatic heterocycles. The number of halogens is 1. The Labute approximate surface area is 211 Å². The maximum atomic E-state index is 15.1. The van der Waals surface area contributed by atoms with Crippen molar-refractivity contribution in [1.82, 2.24) is 9.13 Å². The zero-order valence-electron chi connectivity index (χ0n) is 20.8. The Balaban J connectivity index is 1.68. The number of hydrogen-bond donors (Lipinski definition) is 2. The van der Waals surface area contributed by atoms with Gasteiger partial charge in [-0.2, -0.15) is 0 Å². The Morgan fingerprint density at radius 2 is 1.92 bits per heavy atom. The van der Waals surface area contributed by atoms with Crippen molar-refractivity contribution in [2.75, 3.05) is 0 Å². The van der Waals surface area contributed by atoms with Gasteiger partial charge in [0.05, 0.1) is 40.7 Å². The Kier molecular flexibility index (Phi) is 5.44. The number of ether oxygens (including phenoxy) is 1. The number of hydrogen-bond acceptors (Lipinski definition) is 6. The average molecular weight is 509 g/mol. The molecule has 0 saturated heterocycles. The van der Waals surface area contributed by atoms with Gasteiger partial charge in [0.25, 0.3) is 5.56 Å². The Bertz CT molecular complexity index is 1600. The van der Waals surface area contributed by atoms with Crippen molar-refractivity contribution in [2.45, 2.75) is 83.3 Å². The maximum absolute atomic E-state index is 15.1. The molecule has 0 spiro atoms. The van der Waals surface area contributed by atoms with E-state index in [2.05, 4.69) is 4.57 Å². The molecule has 9 heteroatoms. The number of esters is 1. The predicted molar refractivity (Wildman–Crippen MR) is 134 cm³/mol. The molecule has 1 fully saturated rings. The van der Waals surface area contributed by atoms with Crippen LogP contribution in [0.2, 0.25) is 0 Å². The average Bonchev–Trinajstić information content (AvgIpc) is 3.52. The Morgan fingerprint density at radius 3 is 2.59 bits per heavy atom. The van der Waals surface area contributed by atoms with E-state index in [0.717, 1.165) is 25.7 Å². The van der Waals surface area contributed by atoms with Crippen molar-refractivity contribution >= 4 is 16.9 Å². The van der Waals surface area contributed by atoms with Crippen LogP contribution in [-0.4, -0.2) is 31.4 Å². The van der Waals surface area contributed by atoms with E-state index in [9.17, 15) is 24.6 Å². The molecule has 194 valence electrons. The third-order valence-corrected chi connectivity index (χ3v) is 8.29. The SMILES string of the molecule is CC[C@@]1(O)C(=O)OCc2c1cc1n(c2=O)Cc2c-1c(=O)c1cc(F)c(CC(C)O)cc1n2C1CCCC1. The first-order valence-electron chi connectivity index (χ1n) is 12.9. The number of benzene rings is 1. The summed E-state index contributed by atoms with van der Waals surface area (Å²) in [6, 6.07) is 4.55. The molecular weight excluding hydrogens is 479 g/mol. The highest BCUT2D eigenvalue weighted by atomic mass is 19.1. The lowest BCUT2D eigenvalue weighted by atomic mass is 9.85. The number of aromatic nitrogens is 2. The fraction of sp³-hybridized carbons (Fsp3) is 0.464. The van der Waals surface area contributed by atoms with Crippen molar-refractivity contribution in [3.8, 4) is 11.3 Å². The third-order valence-electron chi connectivity index (χ3n) is 8.29. The Morgan fingerprint density at radius 1 is 1.19 bits per heavy atom. The van der Waals surface area contributed by atoms with Crippen LogP contribution in [0.25, 0.3) is 22.2 Å². The first-order chi connectivity index (χ1) is 17.7. The van der Waals surface area contributed by atoms with Crippen LogP contribution < -0.4 is 11.0 Å². The molecule has 3 aliphatic rings. The Hall–Kier alpha value is -3.30. The number of cyclic esters (lactones) is 1. The third kappa shape index (κ3) is 3.37. The van der Waals surface area contributed by atoms with Crippen LogP contribution >= 0.6 is 0 Å². The van der Waals surface area contributed by atoms with Gasteiger partial charge in [-0.25, -0.2) is 9.18 Å². The molecule has 1 aliphatic carbocycles. The smallest absolute Gasteiger partial charge is 0.343 e.